The van der Waals surface area contributed by atoms with Crippen molar-refractivity contribution >= 4 is 44.8 Å². The van der Waals surface area contributed by atoms with E-state index in [0.717, 1.165) is 30.0 Å². The Morgan fingerprint density at radius 3 is 2.52 bits per heavy atom. The molecule has 0 saturated carbocycles. The highest BCUT2D eigenvalue weighted by molar-refractivity contribution is 7.99. The number of nitrogens with one attached hydrogen (secondary N) is 1. The number of hydrogen-bond donors (Lipinski definition) is 1. The second-order valence-electron chi connectivity index (χ2n) is 5.63. The molecule has 0 unspecified atom stereocenters. The van der Waals surface area contributed by atoms with Crippen LogP contribution < -0.4 is 5.32 Å². The highest BCUT2D eigenvalue weighted by Gasteiger charge is 2.20. The SMILES string of the molecule is O=C(CSc1ccc(S(=O)(=O)c2cccc(F)c2)nn1)Nc1ccc(Cl)cc1F. The number of hydrogen-bond acceptors (Lipinski definition) is 6. The van der Waals surface area contributed by atoms with Gasteiger partial charge in [0.2, 0.25) is 15.7 Å². The number of carbonyl (C=O) groups is 1. The van der Waals surface area contributed by atoms with Crippen LogP contribution in [0.3, 0.4) is 0 Å². The summed E-state index contributed by atoms with van der Waals surface area (Å²) in [6.07, 6.45) is 0. The van der Waals surface area contributed by atoms with Crippen LogP contribution in [0.15, 0.2) is 69.5 Å². The smallest absolute Gasteiger partial charge is 0.234 e. The minimum atomic E-state index is -4.01. The van der Waals surface area contributed by atoms with Gasteiger partial charge >= 0.3 is 0 Å². The lowest BCUT2D eigenvalue weighted by atomic mass is 10.3. The number of sulfone groups is 1. The number of benzene rings is 2. The van der Waals surface area contributed by atoms with Crippen molar-refractivity contribution in [3.63, 3.8) is 0 Å². The summed E-state index contributed by atoms with van der Waals surface area (Å²) in [6, 6.07) is 11.0. The van der Waals surface area contributed by atoms with E-state index in [4.69, 9.17) is 11.6 Å². The largest absolute Gasteiger partial charge is 0.323 e. The van der Waals surface area contributed by atoms with Gasteiger partial charge in [-0.15, -0.1) is 10.2 Å². The number of amides is 1. The zero-order valence-electron chi connectivity index (χ0n) is 14.5. The van der Waals surface area contributed by atoms with Crippen LogP contribution in [0.2, 0.25) is 5.02 Å². The van der Waals surface area contributed by atoms with Gasteiger partial charge in [0, 0.05) is 5.02 Å². The molecule has 3 rings (SSSR count). The first-order chi connectivity index (χ1) is 13.8. The van der Waals surface area contributed by atoms with Gasteiger partial charge in [0.1, 0.15) is 16.7 Å². The number of halogens is 3. The van der Waals surface area contributed by atoms with Crippen LogP contribution in [-0.4, -0.2) is 30.3 Å². The molecule has 1 aromatic heterocycles. The van der Waals surface area contributed by atoms with Crippen LogP contribution in [0.5, 0.6) is 0 Å². The highest BCUT2D eigenvalue weighted by atomic mass is 35.5. The molecule has 3 aromatic rings. The van der Waals surface area contributed by atoms with Crippen molar-refractivity contribution in [1.29, 1.82) is 0 Å². The fourth-order valence-electron chi connectivity index (χ4n) is 2.20. The molecule has 2 aromatic carbocycles. The number of anilines is 1. The Morgan fingerprint density at radius 2 is 1.86 bits per heavy atom. The van der Waals surface area contributed by atoms with Crippen LogP contribution in [0.4, 0.5) is 14.5 Å². The predicted molar refractivity (Wildman–Crippen MR) is 105 cm³/mol. The van der Waals surface area contributed by atoms with E-state index in [2.05, 4.69) is 15.5 Å². The lowest BCUT2D eigenvalue weighted by molar-refractivity contribution is -0.113. The van der Waals surface area contributed by atoms with Crippen LogP contribution in [0.25, 0.3) is 0 Å². The number of nitrogens with zero attached hydrogens (tertiary/aromatic N) is 2. The van der Waals surface area contributed by atoms with Crippen LogP contribution >= 0.6 is 23.4 Å². The lowest BCUT2D eigenvalue weighted by Gasteiger charge is -2.07. The molecule has 6 nitrogen and oxygen atoms in total. The maximum absolute atomic E-state index is 13.7. The Bertz CT molecular complexity index is 1160. The summed E-state index contributed by atoms with van der Waals surface area (Å²) in [6.45, 7) is 0. The average Bonchev–Trinajstić information content (AvgIpc) is 2.69. The van der Waals surface area contributed by atoms with Crippen molar-refractivity contribution in [2.75, 3.05) is 11.1 Å². The number of carbonyl (C=O) groups excluding carboxylic acids is 1. The minimum Gasteiger partial charge on any atom is -0.323 e. The molecule has 1 N–H and O–H groups in total. The van der Waals surface area contributed by atoms with Crippen LogP contribution in [-0.2, 0) is 14.6 Å². The van der Waals surface area contributed by atoms with E-state index in [-0.39, 0.29) is 31.4 Å². The molecule has 0 spiro atoms. The molecule has 0 aliphatic carbocycles. The number of thioether (sulfide) groups is 1. The topological polar surface area (TPSA) is 89.0 Å². The second-order valence-corrected chi connectivity index (χ2v) is 8.96. The molecule has 0 fully saturated rings. The molecule has 0 atom stereocenters. The summed E-state index contributed by atoms with van der Waals surface area (Å²) in [5.74, 6) is -1.95. The van der Waals surface area contributed by atoms with Gasteiger partial charge in [0.15, 0.2) is 5.03 Å². The van der Waals surface area contributed by atoms with Crippen molar-refractivity contribution in [2.45, 2.75) is 14.9 Å². The summed E-state index contributed by atoms with van der Waals surface area (Å²) in [4.78, 5) is 11.7. The van der Waals surface area contributed by atoms with Crippen molar-refractivity contribution in [2.24, 2.45) is 0 Å². The van der Waals surface area contributed by atoms with Gasteiger partial charge in [0.25, 0.3) is 0 Å². The second kappa shape index (κ2) is 8.85. The van der Waals surface area contributed by atoms with Gasteiger partial charge in [-0.05, 0) is 48.5 Å². The maximum Gasteiger partial charge on any atom is 0.234 e. The Morgan fingerprint density at radius 1 is 1.07 bits per heavy atom. The Labute approximate surface area is 174 Å². The van der Waals surface area contributed by atoms with E-state index < -0.39 is 27.4 Å². The molecule has 29 heavy (non-hydrogen) atoms. The summed E-state index contributed by atoms with van der Waals surface area (Å²) in [7, 11) is -4.01. The van der Waals surface area contributed by atoms with Crippen molar-refractivity contribution in [1.82, 2.24) is 10.2 Å². The molecule has 1 heterocycles. The van der Waals surface area contributed by atoms with Gasteiger partial charge < -0.3 is 5.32 Å². The summed E-state index contributed by atoms with van der Waals surface area (Å²) in [5.41, 5.74) is -0.0115. The van der Waals surface area contributed by atoms with Crippen LogP contribution in [0, 0.1) is 11.6 Å². The first kappa shape index (κ1) is 21.2. The maximum atomic E-state index is 13.7. The Kier molecular flexibility index (Phi) is 6.46. The molecular weight excluding hydrogens is 444 g/mol. The first-order valence-electron chi connectivity index (χ1n) is 7.98. The highest BCUT2D eigenvalue weighted by Crippen LogP contribution is 2.22. The molecular formula is C18H12ClF2N3O3S2. The third kappa shape index (κ3) is 5.28. The summed E-state index contributed by atoms with van der Waals surface area (Å²) >= 11 is 6.64. The molecule has 0 radical (unpaired) electrons. The Hall–Kier alpha value is -2.56. The molecule has 0 aliphatic heterocycles. The van der Waals surface area contributed by atoms with E-state index in [9.17, 15) is 22.0 Å². The number of rotatable bonds is 6. The van der Waals surface area contributed by atoms with E-state index in [1.54, 1.807) is 0 Å². The fourth-order valence-corrected chi connectivity index (χ4v) is 4.13. The summed E-state index contributed by atoms with van der Waals surface area (Å²) < 4.78 is 51.8. The molecule has 150 valence electrons. The molecule has 11 heteroatoms. The zero-order valence-corrected chi connectivity index (χ0v) is 16.9. The lowest BCUT2D eigenvalue weighted by Crippen LogP contribution is -2.15. The van der Waals surface area contributed by atoms with Gasteiger partial charge in [-0.2, -0.15) is 0 Å². The minimum absolute atomic E-state index is 0.0115. The monoisotopic (exact) mass is 455 g/mol. The molecule has 0 aliphatic rings. The van der Waals surface area contributed by atoms with Crippen molar-refractivity contribution in [3.8, 4) is 0 Å². The standard InChI is InChI=1S/C18H12ClF2N3O3S2/c19-11-4-5-15(14(21)8-11)22-16(25)10-28-17-6-7-18(24-23-17)29(26,27)13-3-1-2-12(20)9-13/h1-9H,10H2,(H,22,25). The van der Waals surface area contributed by atoms with Gasteiger partial charge in [-0.25, -0.2) is 17.2 Å². The van der Waals surface area contributed by atoms with E-state index in [1.165, 1.54) is 36.4 Å². The summed E-state index contributed by atoms with van der Waals surface area (Å²) in [5, 5.41) is 9.97. The van der Waals surface area contributed by atoms with E-state index in [1.807, 2.05) is 0 Å². The third-order valence-corrected chi connectivity index (χ3v) is 6.35. The van der Waals surface area contributed by atoms with Gasteiger partial charge in [-0.3, -0.25) is 4.79 Å². The molecule has 0 bridgehead atoms. The fraction of sp³-hybridized carbons (Fsp3) is 0.0556. The Balaban J connectivity index is 1.64. The molecule has 1 amide bonds. The predicted octanol–water partition coefficient (Wildman–Crippen LogP) is 3.97. The van der Waals surface area contributed by atoms with Gasteiger partial charge in [-0.1, -0.05) is 29.4 Å². The van der Waals surface area contributed by atoms with E-state index >= 15 is 0 Å². The molecule has 0 saturated heterocycles. The third-order valence-electron chi connectivity index (χ3n) is 3.55. The van der Waals surface area contributed by atoms with Gasteiger partial charge in [0.05, 0.1) is 16.3 Å². The van der Waals surface area contributed by atoms with Crippen LogP contribution in [0.1, 0.15) is 0 Å². The quantitative estimate of drug-likeness (QED) is 0.566. The van der Waals surface area contributed by atoms with Crippen molar-refractivity contribution in [3.05, 3.63) is 71.3 Å². The average molecular weight is 456 g/mol. The normalized spacial score (nSPS) is 11.3. The van der Waals surface area contributed by atoms with E-state index in [0.29, 0.717) is 0 Å². The number of aromatic nitrogens is 2. The first-order valence-corrected chi connectivity index (χ1v) is 10.8. The zero-order chi connectivity index (χ0) is 21.0. The van der Waals surface area contributed by atoms with Crippen molar-refractivity contribution < 1.29 is 22.0 Å².